The molecule has 4 unspecified atom stereocenters. The fourth-order valence-corrected chi connectivity index (χ4v) is 5.56. The molecule has 0 radical (unpaired) electrons. The summed E-state index contributed by atoms with van der Waals surface area (Å²) < 4.78 is 0. The first kappa shape index (κ1) is 18.4. The molecule has 25 heavy (non-hydrogen) atoms. The van der Waals surface area contributed by atoms with Crippen LogP contribution in [-0.4, -0.2) is 11.6 Å². The minimum Gasteiger partial charge on any atom is -0.299 e. The zero-order chi connectivity index (χ0) is 18.2. The van der Waals surface area contributed by atoms with Crippen molar-refractivity contribution in [2.24, 2.45) is 23.2 Å². The maximum atomic E-state index is 12.5. The van der Waals surface area contributed by atoms with Crippen molar-refractivity contribution in [3.05, 3.63) is 34.9 Å². The Labute approximate surface area is 152 Å². The molecule has 3 rings (SSSR count). The minimum atomic E-state index is 0.0417. The first-order chi connectivity index (χ1) is 11.9. The van der Waals surface area contributed by atoms with E-state index in [0.717, 1.165) is 32.1 Å². The van der Waals surface area contributed by atoms with Gasteiger partial charge >= 0.3 is 0 Å². The van der Waals surface area contributed by atoms with Crippen LogP contribution in [-0.2, 0) is 9.59 Å². The highest BCUT2D eigenvalue weighted by molar-refractivity contribution is 5.93. The lowest BCUT2D eigenvalue weighted by atomic mass is 9.52. The summed E-state index contributed by atoms with van der Waals surface area (Å²) in [5, 5.41) is 0. The molecule has 0 saturated heterocycles. The number of rotatable bonds is 4. The molecule has 2 heteroatoms. The van der Waals surface area contributed by atoms with E-state index in [-0.39, 0.29) is 11.3 Å². The maximum Gasteiger partial charge on any atom is 0.156 e. The van der Waals surface area contributed by atoms with Gasteiger partial charge in [-0.2, -0.15) is 0 Å². The molecule has 4 atom stereocenters. The number of Topliss-reactive ketones (excluding diaryl/α,β-unsaturated/α-hetero) is 1. The van der Waals surface area contributed by atoms with Gasteiger partial charge in [-0.15, -0.1) is 0 Å². The molecule has 0 amide bonds. The predicted octanol–water partition coefficient (Wildman–Crippen LogP) is 5.59. The maximum absolute atomic E-state index is 12.5. The van der Waals surface area contributed by atoms with Crippen LogP contribution in [0.15, 0.2) is 34.9 Å². The standard InChI is InChI=1S/C23H32O2/c1-5-7-21-20-10-8-16-14-17(24)9-11-18(16)19(20)12-13-23(21,4)15(3)22(25)6-2/h5,7,14-15,20-21H,6,8-13H2,1-4H3. The molecule has 2 nitrogen and oxygen atoms in total. The van der Waals surface area contributed by atoms with E-state index in [9.17, 15) is 9.59 Å². The summed E-state index contributed by atoms with van der Waals surface area (Å²) in [6.07, 6.45) is 13.0. The van der Waals surface area contributed by atoms with Crippen molar-refractivity contribution in [2.75, 3.05) is 0 Å². The van der Waals surface area contributed by atoms with Crippen LogP contribution in [0.5, 0.6) is 0 Å². The highest BCUT2D eigenvalue weighted by Crippen LogP contribution is 2.57. The first-order valence-electron chi connectivity index (χ1n) is 10.0. The van der Waals surface area contributed by atoms with Gasteiger partial charge in [-0.1, -0.05) is 38.5 Å². The first-order valence-corrected chi connectivity index (χ1v) is 10.0. The number of hydrogen-bond donors (Lipinski definition) is 0. The normalized spacial score (nSPS) is 33.8. The average molecular weight is 341 g/mol. The average Bonchev–Trinajstić information content (AvgIpc) is 2.62. The molecule has 3 aliphatic carbocycles. The predicted molar refractivity (Wildman–Crippen MR) is 102 cm³/mol. The van der Waals surface area contributed by atoms with Gasteiger partial charge in [-0.25, -0.2) is 0 Å². The van der Waals surface area contributed by atoms with E-state index in [1.54, 1.807) is 5.57 Å². The summed E-state index contributed by atoms with van der Waals surface area (Å²) in [5.74, 6) is 1.77. The number of fused-ring (bicyclic) bond motifs is 2. The molecule has 1 fully saturated rings. The fourth-order valence-electron chi connectivity index (χ4n) is 5.56. The van der Waals surface area contributed by atoms with Gasteiger partial charge in [0.25, 0.3) is 0 Å². The summed E-state index contributed by atoms with van der Waals surface area (Å²) in [7, 11) is 0. The van der Waals surface area contributed by atoms with Crippen molar-refractivity contribution in [3.8, 4) is 0 Å². The lowest BCUT2D eigenvalue weighted by Crippen LogP contribution is -2.45. The molecule has 0 heterocycles. The van der Waals surface area contributed by atoms with E-state index >= 15 is 0 Å². The van der Waals surface area contributed by atoms with Crippen LogP contribution >= 0.6 is 0 Å². The second-order valence-electron chi connectivity index (χ2n) is 8.38. The third-order valence-corrected chi connectivity index (χ3v) is 7.25. The van der Waals surface area contributed by atoms with Crippen molar-refractivity contribution in [1.29, 1.82) is 0 Å². The lowest BCUT2D eigenvalue weighted by Gasteiger charge is -2.51. The van der Waals surface area contributed by atoms with Crippen LogP contribution in [0.25, 0.3) is 0 Å². The van der Waals surface area contributed by atoms with Crippen LogP contribution < -0.4 is 0 Å². The summed E-state index contributed by atoms with van der Waals surface area (Å²) in [6.45, 7) is 8.57. The van der Waals surface area contributed by atoms with Crippen LogP contribution in [0.4, 0.5) is 0 Å². The second kappa shape index (κ2) is 7.05. The van der Waals surface area contributed by atoms with Gasteiger partial charge in [0.2, 0.25) is 0 Å². The zero-order valence-electron chi connectivity index (χ0n) is 16.2. The van der Waals surface area contributed by atoms with Crippen LogP contribution in [0.1, 0.15) is 72.6 Å². The number of ketones is 2. The summed E-state index contributed by atoms with van der Waals surface area (Å²) >= 11 is 0. The molecule has 0 aliphatic heterocycles. The van der Waals surface area contributed by atoms with Crippen LogP contribution in [0, 0.1) is 23.2 Å². The summed E-state index contributed by atoms with van der Waals surface area (Å²) in [4.78, 5) is 24.3. The van der Waals surface area contributed by atoms with Crippen LogP contribution in [0.3, 0.4) is 0 Å². The monoisotopic (exact) mass is 340 g/mol. The van der Waals surface area contributed by atoms with E-state index in [1.165, 1.54) is 11.1 Å². The van der Waals surface area contributed by atoms with Crippen molar-refractivity contribution in [1.82, 2.24) is 0 Å². The zero-order valence-corrected chi connectivity index (χ0v) is 16.2. The Balaban J connectivity index is 2.01. The van der Waals surface area contributed by atoms with Crippen LogP contribution in [0.2, 0.25) is 0 Å². The Bertz CT molecular complexity index is 664. The van der Waals surface area contributed by atoms with Crippen molar-refractivity contribution in [3.63, 3.8) is 0 Å². The Kier molecular flexibility index (Phi) is 5.18. The third-order valence-electron chi connectivity index (χ3n) is 7.25. The van der Waals surface area contributed by atoms with E-state index < -0.39 is 0 Å². The Morgan fingerprint density at radius 2 is 2.08 bits per heavy atom. The molecular weight excluding hydrogens is 308 g/mol. The Morgan fingerprint density at radius 1 is 1.32 bits per heavy atom. The molecule has 1 saturated carbocycles. The highest BCUT2D eigenvalue weighted by Gasteiger charge is 2.49. The van der Waals surface area contributed by atoms with Crippen molar-refractivity contribution < 1.29 is 9.59 Å². The summed E-state index contributed by atoms with van der Waals surface area (Å²) in [5.41, 5.74) is 4.44. The molecular formula is C23H32O2. The van der Waals surface area contributed by atoms with E-state index in [2.05, 4.69) is 32.9 Å². The molecule has 0 aromatic heterocycles. The molecule has 0 aromatic carbocycles. The molecule has 0 bridgehead atoms. The van der Waals surface area contributed by atoms with Gasteiger partial charge in [0.1, 0.15) is 5.78 Å². The van der Waals surface area contributed by atoms with Gasteiger partial charge in [0.05, 0.1) is 0 Å². The Morgan fingerprint density at radius 3 is 2.76 bits per heavy atom. The molecule has 0 N–H and O–H groups in total. The van der Waals surface area contributed by atoms with Gasteiger partial charge in [0, 0.05) is 18.8 Å². The van der Waals surface area contributed by atoms with Gasteiger partial charge in [0.15, 0.2) is 5.78 Å². The topological polar surface area (TPSA) is 34.1 Å². The molecule has 0 spiro atoms. The number of carbonyl (C=O) groups excluding carboxylic acids is 2. The summed E-state index contributed by atoms with van der Waals surface area (Å²) in [6, 6.07) is 0. The lowest BCUT2D eigenvalue weighted by molar-refractivity contribution is -0.128. The van der Waals surface area contributed by atoms with E-state index in [0.29, 0.717) is 36.2 Å². The SMILES string of the molecule is CC=CC1C2CCC3=CC(=O)CCC3=C2CCC1(C)C(C)C(=O)CC. The number of allylic oxidation sites excluding steroid dienone is 6. The Hall–Kier alpha value is -1.44. The van der Waals surface area contributed by atoms with Gasteiger partial charge in [-0.3, -0.25) is 9.59 Å². The largest absolute Gasteiger partial charge is 0.299 e. The van der Waals surface area contributed by atoms with Crippen molar-refractivity contribution >= 4 is 11.6 Å². The van der Waals surface area contributed by atoms with Gasteiger partial charge in [-0.05, 0) is 73.5 Å². The number of hydrogen-bond acceptors (Lipinski definition) is 2. The number of carbonyl (C=O) groups is 2. The quantitative estimate of drug-likeness (QED) is 0.625. The highest BCUT2D eigenvalue weighted by atomic mass is 16.1. The second-order valence-corrected chi connectivity index (χ2v) is 8.38. The third kappa shape index (κ3) is 3.09. The van der Waals surface area contributed by atoms with E-state index in [4.69, 9.17) is 0 Å². The molecule has 3 aliphatic rings. The smallest absolute Gasteiger partial charge is 0.156 e. The van der Waals surface area contributed by atoms with E-state index in [1.807, 2.05) is 13.0 Å². The molecule has 0 aromatic rings. The minimum absolute atomic E-state index is 0.0417. The van der Waals surface area contributed by atoms with Crippen molar-refractivity contribution in [2.45, 2.75) is 72.6 Å². The van der Waals surface area contributed by atoms with Gasteiger partial charge < -0.3 is 0 Å². The molecule has 136 valence electrons. The fraction of sp³-hybridized carbons (Fsp3) is 0.652.